The second-order valence-electron chi connectivity index (χ2n) is 5.66. The van der Waals surface area contributed by atoms with Crippen LogP contribution < -0.4 is 5.48 Å². The number of hydrogen-bond acceptors (Lipinski definition) is 7. The molecule has 0 heterocycles. The number of hydrogen-bond donors (Lipinski definition) is 1. The quantitative estimate of drug-likeness (QED) is 0.485. The lowest BCUT2D eigenvalue weighted by Gasteiger charge is -2.19. The van der Waals surface area contributed by atoms with Gasteiger partial charge in [0.2, 0.25) is 0 Å². The van der Waals surface area contributed by atoms with E-state index in [4.69, 9.17) is 19.1 Å². The van der Waals surface area contributed by atoms with Crippen LogP contribution in [0.2, 0.25) is 0 Å². The van der Waals surface area contributed by atoms with Crippen LogP contribution in [0, 0.1) is 0 Å². The summed E-state index contributed by atoms with van der Waals surface area (Å²) in [5.74, 6) is -0.649. The summed E-state index contributed by atoms with van der Waals surface area (Å²) in [6.07, 6.45) is -0.710. The minimum Gasteiger partial charge on any atom is -0.464 e. The molecule has 0 aliphatic rings. The summed E-state index contributed by atoms with van der Waals surface area (Å²) < 4.78 is 9.75. The molecule has 1 N–H and O–H groups in total. The molecule has 0 saturated heterocycles. The average Bonchev–Trinajstić information content (AvgIpc) is 2.51. The molecule has 1 aromatic rings. The summed E-state index contributed by atoms with van der Waals surface area (Å²) in [6, 6.07) is 6.88. The Hall–Kier alpha value is -2.61. The van der Waals surface area contributed by atoms with Crippen LogP contribution in [0.25, 0.3) is 0 Å². The van der Waals surface area contributed by atoms with E-state index in [0.717, 1.165) is 0 Å². The number of carbonyl (C=O) groups is 2. The monoisotopic (exact) mass is 338 g/mol. The van der Waals surface area contributed by atoms with Crippen molar-refractivity contribution in [3.05, 3.63) is 35.4 Å². The van der Waals surface area contributed by atoms with Gasteiger partial charge in [0.05, 0.1) is 7.11 Å². The lowest BCUT2D eigenvalue weighted by molar-refractivity contribution is -0.132. The number of esters is 1. The third kappa shape index (κ3) is 6.25. The minimum atomic E-state index is -0.710. The molecule has 0 aliphatic carbocycles. The maximum absolute atomic E-state index is 11.8. The van der Waals surface area contributed by atoms with Crippen molar-refractivity contribution in [3.8, 4) is 0 Å². The van der Waals surface area contributed by atoms with E-state index in [-0.39, 0.29) is 12.3 Å². The first-order chi connectivity index (χ1) is 11.3. The molecule has 0 spiro atoms. The Morgan fingerprint density at radius 2 is 1.83 bits per heavy atom. The first-order valence-electron chi connectivity index (χ1n) is 7.17. The maximum Gasteiger partial charge on any atom is 0.431 e. The normalized spacial score (nSPS) is 11.6. The number of rotatable bonds is 6. The lowest BCUT2D eigenvalue weighted by Crippen LogP contribution is -2.32. The Morgan fingerprint density at radius 1 is 1.17 bits per heavy atom. The first-order valence-corrected chi connectivity index (χ1v) is 7.17. The van der Waals surface area contributed by atoms with Gasteiger partial charge in [0, 0.05) is 5.56 Å². The zero-order valence-corrected chi connectivity index (χ0v) is 14.4. The molecule has 1 amide bonds. The van der Waals surface area contributed by atoms with Gasteiger partial charge in [-0.3, -0.25) is 4.84 Å². The van der Waals surface area contributed by atoms with E-state index in [0.29, 0.717) is 11.1 Å². The summed E-state index contributed by atoms with van der Waals surface area (Å²) in [5.41, 5.74) is 2.62. The molecule has 24 heavy (non-hydrogen) atoms. The topological polar surface area (TPSA) is 95.5 Å². The molecule has 1 rings (SSSR count). The number of carbonyl (C=O) groups excluding carboxylic acids is 2. The van der Waals surface area contributed by atoms with Crippen LogP contribution >= 0.6 is 0 Å². The zero-order valence-electron chi connectivity index (χ0n) is 14.4. The highest BCUT2D eigenvalue weighted by Crippen LogP contribution is 2.13. The van der Waals surface area contributed by atoms with Crippen molar-refractivity contribution in [2.24, 2.45) is 5.16 Å². The summed E-state index contributed by atoms with van der Waals surface area (Å²) in [7, 11) is 2.57. The van der Waals surface area contributed by atoms with Crippen molar-refractivity contribution in [3.63, 3.8) is 0 Å². The van der Waals surface area contributed by atoms with Crippen LogP contribution in [0.3, 0.4) is 0 Å². The van der Waals surface area contributed by atoms with Gasteiger partial charge in [0.15, 0.2) is 5.71 Å². The molecular weight excluding hydrogens is 316 g/mol. The van der Waals surface area contributed by atoms with Crippen LogP contribution in [0.1, 0.15) is 31.9 Å². The number of hydroxylamine groups is 1. The van der Waals surface area contributed by atoms with Crippen LogP contribution in [-0.4, -0.2) is 37.6 Å². The van der Waals surface area contributed by atoms with Crippen molar-refractivity contribution >= 4 is 17.8 Å². The first kappa shape index (κ1) is 19.4. The van der Waals surface area contributed by atoms with Gasteiger partial charge < -0.3 is 14.3 Å². The molecule has 0 saturated carbocycles. The van der Waals surface area contributed by atoms with E-state index >= 15 is 0 Å². The summed E-state index contributed by atoms with van der Waals surface area (Å²) in [5, 5.41) is 3.69. The van der Waals surface area contributed by atoms with E-state index in [9.17, 15) is 9.59 Å². The number of amides is 1. The molecule has 0 atom stereocenters. The molecule has 0 aliphatic heterocycles. The molecule has 1 aromatic carbocycles. The van der Waals surface area contributed by atoms with Gasteiger partial charge in [-0.15, -0.1) is 0 Å². The van der Waals surface area contributed by atoms with E-state index in [1.807, 2.05) is 0 Å². The predicted octanol–water partition coefficient (Wildman–Crippen LogP) is 2.17. The van der Waals surface area contributed by atoms with Crippen molar-refractivity contribution in [1.82, 2.24) is 5.48 Å². The van der Waals surface area contributed by atoms with E-state index in [2.05, 4.69) is 10.6 Å². The Bertz CT molecular complexity index is 607. The molecule has 0 unspecified atom stereocenters. The molecule has 0 aromatic heterocycles. The molecule has 0 fully saturated rings. The second kappa shape index (κ2) is 8.88. The van der Waals surface area contributed by atoms with Crippen molar-refractivity contribution in [1.29, 1.82) is 0 Å². The number of ether oxygens (including phenoxy) is 2. The van der Waals surface area contributed by atoms with Gasteiger partial charge in [0.1, 0.15) is 19.3 Å². The second-order valence-corrected chi connectivity index (χ2v) is 5.66. The number of methoxy groups -OCH3 is 1. The maximum atomic E-state index is 11.8. The molecule has 132 valence electrons. The van der Waals surface area contributed by atoms with Crippen LogP contribution in [-0.2, 0) is 30.6 Å². The zero-order chi connectivity index (χ0) is 18.2. The fourth-order valence-corrected chi connectivity index (χ4v) is 1.73. The van der Waals surface area contributed by atoms with Gasteiger partial charge in [-0.2, -0.15) is 5.48 Å². The standard InChI is InChI=1S/C16H22N2O6/c1-16(2,3)24-15(20)18-23-10-11-8-6-7-9-12(11)13(17-22-5)14(19)21-4/h6-9H,10H2,1-5H3,(H,18,20). The van der Waals surface area contributed by atoms with Gasteiger partial charge >= 0.3 is 12.1 Å². The molecule has 8 heteroatoms. The number of nitrogens with zero attached hydrogens (tertiary/aromatic N) is 1. The largest absolute Gasteiger partial charge is 0.464 e. The lowest BCUT2D eigenvalue weighted by atomic mass is 10.0. The number of oxime groups is 1. The predicted molar refractivity (Wildman–Crippen MR) is 86.2 cm³/mol. The fourth-order valence-electron chi connectivity index (χ4n) is 1.73. The van der Waals surface area contributed by atoms with E-state index in [1.165, 1.54) is 14.2 Å². The van der Waals surface area contributed by atoms with Gasteiger partial charge in [0.25, 0.3) is 0 Å². The molecule has 0 radical (unpaired) electrons. The van der Waals surface area contributed by atoms with Gasteiger partial charge in [-0.05, 0) is 26.3 Å². The Labute approximate surface area is 140 Å². The van der Waals surface area contributed by atoms with Gasteiger partial charge in [-0.1, -0.05) is 29.4 Å². The number of nitrogens with one attached hydrogen (secondary N) is 1. The van der Waals surface area contributed by atoms with Crippen LogP contribution in [0.15, 0.2) is 29.4 Å². The Kier molecular flexibility index (Phi) is 7.19. The molecule has 0 bridgehead atoms. The third-order valence-corrected chi connectivity index (χ3v) is 2.62. The summed E-state index contributed by atoms with van der Waals surface area (Å²) in [6.45, 7) is 5.22. The fraction of sp³-hybridized carbons (Fsp3) is 0.438. The average molecular weight is 338 g/mol. The summed E-state index contributed by atoms with van der Waals surface area (Å²) in [4.78, 5) is 33.2. The highest BCUT2D eigenvalue weighted by atomic mass is 16.7. The minimum absolute atomic E-state index is 0.00327. The summed E-state index contributed by atoms with van der Waals surface area (Å²) >= 11 is 0. The van der Waals surface area contributed by atoms with Crippen molar-refractivity contribution in [2.45, 2.75) is 33.0 Å². The highest BCUT2D eigenvalue weighted by molar-refractivity contribution is 6.43. The highest BCUT2D eigenvalue weighted by Gasteiger charge is 2.20. The van der Waals surface area contributed by atoms with Crippen molar-refractivity contribution < 1.29 is 28.7 Å². The van der Waals surface area contributed by atoms with Crippen LogP contribution in [0.4, 0.5) is 4.79 Å². The number of benzene rings is 1. The van der Waals surface area contributed by atoms with E-state index < -0.39 is 17.7 Å². The van der Waals surface area contributed by atoms with Crippen molar-refractivity contribution in [2.75, 3.05) is 14.2 Å². The smallest absolute Gasteiger partial charge is 0.431 e. The Balaban J connectivity index is 2.82. The van der Waals surface area contributed by atoms with Crippen LogP contribution in [0.5, 0.6) is 0 Å². The van der Waals surface area contributed by atoms with Gasteiger partial charge in [-0.25, -0.2) is 9.59 Å². The Morgan fingerprint density at radius 3 is 2.42 bits per heavy atom. The molecule has 8 nitrogen and oxygen atoms in total. The SMILES string of the molecule is CON=C(C(=O)OC)c1ccccc1CONC(=O)OC(C)(C)C. The molecular formula is C16H22N2O6. The third-order valence-electron chi connectivity index (χ3n) is 2.62. The van der Waals surface area contributed by atoms with E-state index in [1.54, 1.807) is 45.0 Å².